The van der Waals surface area contributed by atoms with Gasteiger partial charge in [0, 0.05) is 30.2 Å². The fourth-order valence-corrected chi connectivity index (χ4v) is 4.31. The van der Waals surface area contributed by atoms with E-state index in [0.717, 1.165) is 11.4 Å². The smallest absolute Gasteiger partial charge is 0.142 e. The molecule has 4 bridgehead atoms. The van der Waals surface area contributed by atoms with E-state index in [9.17, 15) is 4.39 Å². The minimum Gasteiger partial charge on any atom is -0.495 e. The number of nitrogens with one attached hydrogen (secondary N) is 1. The summed E-state index contributed by atoms with van der Waals surface area (Å²) in [6.07, 6.45) is 4.69. The van der Waals surface area contributed by atoms with Crippen molar-refractivity contribution < 1.29 is 9.13 Å². The van der Waals surface area contributed by atoms with E-state index in [4.69, 9.17) is 4.74 Å². The number of anilines is 1. The predicted octanol–water partition coefficient (Wildman–Crippen LogP) is 2.31. The fourth-order valence-electron chi connectivity index (χ4n) is 4.31. The Labute approximate surface area is 112 Å². The molecule has 0 spiro atoms. The van der Waals surface area contributed by atoms with Gasteiger partial charge in [-0.15, -0.1) is 0 Å². The molecule has 3 nitrogen and oxygen atoms in total. The molecule has 4 saturated heterocycles. The second kappa shape index (κ2) is 4.10. The van der Waals surface area contributed by atoms with Crippen LogP contribution in [0.5, 0.6) is 5.75 Å². The number of benzene rings is 1. The molecule has 102 valence electrons. The fraction of sp³-hybridized carbons (Fsp3) is 0.600. The molecule has 19 heavy (non-hydrogen) atoms. The average Bonchev–Trinajstić information content (AvgIpc) is 2.37. The van der Waals surface area contributed by atoms with E-state index < -0.39 is 0 Å². The maximum Gasteiger partial charge on any atom is 0.142 e. The van der Waals surface area contributed by atoms with Crippen LogP contribution in [0.25, 0.3) is 0 Å². The number of hydrogen-bond acceptors (Lipinski definition) is 3. The van der Waals surface area contributed by atoms with Crippen LogP contribution in [0, 0.1) is 5.82 Å². The van der Waals surface area contributed by atoms with E-state index >= 15 is 0 Å². The second-order valence-corrected chi connectivity index (χ2v) is 6.03. The SMILES string of the molecule is COc1ccc(F)cc1N1C2CC3CC1CC(C2)N3. The normalized spacial score (nSPS) is 35.8. The van der Waals surface area contributed by atoms with Crippen LogP contribution in [0.15, 0.2) is 18.2 Å². The minimum absolute atomic E-state index is 0.178. The molecule has 0 saturated carbocycles. The van der Waals surface area contributed by atoms with Gasteiger partial charge in [0.25, 0.3) is 0 Å². The van der Waals surface area contributed by atoms with Crippen LogP contribution in [0.1, 0.15) is 25.7 Å². The Morgan fingerprint density at radius 3 is 2.37 bits per heavy atom. The monoisotopic (exact) mass is 262 g/mol. The van der Waals surface area contributed by atoms with Gasteiger partial charge in [-0.2, -0.15) is 0 Å². The lowest BCUT2D eigenvalue weighted by Gasteiger charge is -2.58. The van der Waals surface area contributed by atoms with E-state index in [0.29, 0.717) is 24.2 Å². The third-order valence-corrected chi connectivity index (χ3v) is 4.90. The van der Waals surface area contributed by atoms with Crippen molar-refractivity contribution in [1.82, 2.24) is 5.32 Å². The van der Waals surface area contributed by atoms with Crippen molar-refractivity contribution in [2.24, 2.45) is 0 Å². The van der Waals surface area contributed by atoms with Gasteiger partial charge < -0.3 is 15.0 Å². The lowest BCUT2D eigenvalue weighted by Crippen LogP contribution is -2.67. The molecule has 4 aliphatic heterocycles. The Bertz CT molecular complexity index is 477. The second-order valence-electron chi connectivity index (χ2n) is 6.03. The van der Waals surface area contributed by atoms with Crippen LogP contribution in [-0.2, 0) is 0 Å². The van der Waals surface area contributed by atoms with Crippen molar-refractivity contribution in [3.8, 4) is 5.75 Å². The Morgan fingerprint density at radius 1 is 1.16 bits per heavy atom. The third-order valence-electron chi connectivity index (χ3n) is 4.90. The Hall–Kier alpha value is -1.29. The zero-order chi connectivity index (χ0) is 13.0. The van der Waals surface area contributed by atoms with Crippen LogP contribution in [-0.4, -0.2) is 31.3 Å². The van der Waals surface area contributed by atoms with Gasteiger partial charge in [0.05, 0.1) is 12.8 Å². The number of methoxy groups -OCH3 is 1. The van der Waals surface area contributed by atoms with E-state index in [2.05, 4.69) is 10.2 Å². The first kappa shape index (κ1) is 11.5. The molecule has 0 aromatic heterocycles. The van der Waals surface area contributed by atoms with Gasteiger partial charge in [-0.25, -0.2) is 4.39 Å². The number of ether oxygens (including phenoxy) is 1. The molecule has 1 aromatic carbocycles. The van der Waals surface area contributed by atoms with E-state index in [1.807, 2.05) is 0 Å². The van der Waals surface area contributed by atoms with Gasteiger partial charge in [0.2, 0.25) is 0 Å². The van der Waals surface area contributed by atoms with Crippen LogP contribution in [0.2, 0.25) is 0 Å². The van der Waals surface area contributed by atoms with Crippen molar-refractivity contribution >= 4 is 5.69 Å². The molecular weight excluding hydrogens is 243 g/mol. The average molecular weight is 262 g/mol. The largest absolute Gasteiger partial charge is 0.495 e. The quantitative estimate of drug-likeness (QED) is 0.885. The maximum atomic E-state index is 13.6. The Kier molecular flexibility index (Phi) is 2.49. The molecule has 0 amide bonds. The molecular formula is C15H19FN2O. The maximum absolute atomic E-state index is 13.6. The van der Waals surface area contributed by atoms with Crippen LogP contribution in [0.3, 0.4) is 0 Å². The number of hydrogen-bond donors (Lipinski definition) is 1. The predicted molar refractivity (Wildman–Crippen MR) is 72.2 cm³/mol. The number of nitrogens with zero attached hydrogens (tertiary/aromatic N) is 1. The highest BCUT2D eigenvalue weighted by Crippen LogP contribution is 2.44. The summed E-state index contributed by atoms with van der Waals surface area (Å²) >= 11 is 0. The summed E-state index contributed by atoms with van der Waals surface area (Å²) in [7, 11) is 1.66. The third kappa shape index (κ3) is 1.73. The number of rotatable bonds is 2. The molecule has 0 atom stereocenters. The van der Waals surface area contributed by atoms with Gasteiger partial charge in [0.15, 0.2) is 0 Å². The lowest BCUT2D eigenvalue weighted by molar-refractivity contribution is 0.134. The highest BCUT2D eigenvalue weighted by molar-refractivity contribution is 5.61. The van der Waals surface area contributed by atoms with E-state index in [-0.39, 0.29) is 5.82 Å². The van der Waals surface area contributed by atoms with Gasteiger partial charge >= 0.3 is 0 Å². The van der Waals surface area contributed by atoms with Gasteiger partial charge in [0.1, 0.15) is 11.6 Å². The number of piperidine rings is 4. The van der Waals surface area contributed by atoms with Crippen molar-refractivity contribution in [3.05, 3.63) is 24.0 Å². The van der Waals surface area contributed by atoms with Gasteiger partial charge in [-0.05, 0) is 37.8 Å². The van der Waals surface area contributed by atoms with E-state index in [1.165, 1.54) is 31.7 Å². The molecule has 4 heteroatoms. The summed E-state index contributed by atoms with van der Waals surface area (Å²) in [5, 5.41) is 3.69. The molecule has 5 rings (SSSR count). The summed E-state index contributed by atoms with van der Waals surface area (Å²) in [5.41, 5.74) is 0.941. The Morgan fingerprint density at radius 2 is 1.79 bits per heavy atom. The molecule has 0 radical (unpaired) electrons. The lowest BCUT2D eigenvalue weighted by atomic mass is 9.74. The summed E-state index contributed by atoms with van der Waals surface area (Å²) in [6.45, 7) is 0. The summed E-state index contributed by atoms with van der Waals surface area (Å²) < 4.78 is 19.0. The summed E-state index contributed by atoms with van der Waals surface area (Å²) in [5.74, 6) is 0.615. The van der Waals surface area contributed by atoms with Crippen molar-refractivity contribution in [2.75, 3.05) is 12.0 Å². The molecule has 0 aliphatic carbocycles. The zero-order valence-electron chi connectivity index (χ0n) is 11.1. The van der Waals surface area contributed by atoms with Crippen molar-refractivity contribution in [2.45, 2.75) is 49.9 Å². The highest BCUT2D eigenvalue weighted by atomic mass is 19.1. The van der Waals surface area contributed by atoms with Crippen LogP contribution in [0.4, 0.5) is 10.1 Å². The van der Waals surface area contributed by atoms with Gasteiger partial charge in [-0.1, -0.05) is 0 Å². The number of halogens is 1. The molecule has 4 aliphatic rings. The molecule has 1 N–H and O–H groups in total. The summed E-state index contributed by atoms with van der Waals surface area (Å²) in [6, 6.07) is 7.26. The summed E-state index contributed by atoms with van der Waals surface area (Å²) in [4.78, 5) is 2.43. The van der Waals surface area contributed by atoms with E-state index in [1.54, 1.807) is 19.2 Å². The Balaban J connectivity index is 1.74. The first-order valence-corrected chi connectivity index (χ1v) is 7.12. The molecule has 1 aromatic rings. The molecule has 4 heterocycles. The topological polar surface area (TPSA) is 24.5 Å². The minimum atomic E-state index is -0.178. The molecule has 0 unspecified atom stereocenters. The first-order chi connectivity index (χ1) is 9.24. The van der Waals surface area contributed by atoms with Gasteiger partial charge in [-0.3, -0.25) is 0 Å². The zero-order valence-corrected chi connectivity index (χ0v) is 11.1. The molecule has 4 fully saturated rings. The van der Waals surface area contributed by atoms with Crippen LogP contribution >= 0.6 is 0 Å². The first-order valence-electron chi connectivity index (χ1n) is 7.12. The highest BCUT2D eigenvalue weighted by Gasteiger charge is 2.47. The standard InChI is InChI=1S/C15H19FN2O/c1-19-15-3-2-9(16)4-14(15)18-12-5-10-6-13(18)8-11(7-12)17-10/h2-4,10-13,17H,5-8H2,1H3. The van der Waals surface area contributed by atoms with Crippen molar-refractivity contribution in [1.29, 1.82) is 0 Å². The van der Waals surface area contributed by atoms with Crippen molar-refractivity contribution in [3.63, 3.8) is 0 Å². The van der Waals surface area contributed by atoms with Crippen LogP contribution < -0.4 is 15.0 Å².